The lowest BCUT2D eigenvalue weighted by atomic mass is 10.0. The SMILES string of the molecule is CCOc1cc(OCC)c2c(-c3ccccc3)cc(=O)oc2c1. The minimum atomic E-state index is -0.396. The minimum absolute atomic E-state index is 0.396. The summed E-state index contributed by atoms with van der Waals surface area (Å²) in [6.07, 6.45) is 0. The van der Waals surface area contributed by atoms with E-state index in [1.54, 1.807) is 6.07 Å². The summed E-state index contributed by atoms with van der Waals surface area (Å²) in [7, 11) is 0. The first-order valence-corrected chi connectivity index (χ1v) is 7.65. The van der Waals surface area contributed by atoms with Crippen molar-refractivity contribution in [2.45, 2.75) is 13.8 Å². The third-order valence-corrected chi connectivity index (χ3v) is 3.48. The van der Waals surface area contributed by atoms with Gasteiger partial charge in [-0.05, 0) is 19.4 Å². The highest BCUT2D eigenvalue weighted by atomic mass is 16.5. The second-order valence-corrected chi connectivity index (χ2v) is 5.01. The van der Waals surface area contributed by atoms with Gasteiger partial charge in [-0.2, -0.15) is 0 Å². The van der Waals surface area contributed by atoms with Crippen LogP contribution in [-0.2, 0) is 0 Å². The van der Waals surface area contributed by atoms with Gasteiger partial charge in [-0.1, -0.05) is 30.3 Å². The van der Waals surface area contributed by atoms with Gasteiger partial charge in [0, 0.05) is 23.8 Å². The second kappa shape index (κ2) is 6.57. The Bertz CT molecular complexity index is 866. The Morgan fingerprint density at radius 1 is 0.957 bits per heavy atom. The van der Waals surface area contributed by atoms with Gasteiger partial charge in [0.05, 0.1) is 18.6 Å². The van der Waals surface area contributed by atoms with Crippen LogP contribution in [0, 0.1) is 0 Å². The lowest BCUT2D eigenvalue weighted by Crippen LogP contribution is -2.02. The molecule has 2 aromatic carbocycles. The standard InChI is InChI=1S/C19H18O4/c1-3-21-14-10-16(22-4-2)19-15(13-8-6-5-7-9-13)12-18(20)23-17(19)11-14/h5-12H,3-4H2,1-2H3. The molecule has 0 aliphatic heterocycles. The highest BCUT2D eigenvalue weighted by Crippen LogP contribution is 2.37. The molecule has 0 atom stereocenters. The fraction of sp³-hybridized carbons (Fsp3) is 0.211. The van der Waals surface area contributed by atoms with E-state index >= 15 is 0 Å². The fourth-order valence-corrected chi connectivity index (χ4v) is 2.60. The van der Waals surface area contributed by atoms with Crippen LogP contribution in [0.3, 0.4) is 0 Å². The molecule has 3 aromatic rings. The normalized spacial score (nSPS) is 10.7. The van der Waals surface area contributed by atoms with Gasteiger partial charge >= 0.3 is 5.63 Å². The van der Waals surface area contributed by atoms with Crippen LogP contribution in [0.5, 0.6) is 11.5 Å². The second-order valence-electron chi connectivity index (χ2n) is 5.01. The highest BCUT2D eigenvalue weighted by molar-refractivity contribution is 5.98. The Balaban J connectivity index is 2.34. The summed E-state index contributed by atoms with van der Waals surface area (Å²) in [4.78, 5) is 12.0. The van der Waals surface area contributed by atoms with E-state index in [0.717, 1.165) is 16.5 Å². The largest absolute Gasteiger partial charge is 0.494 e. The van der Waals surface area contributed by atoms with E-state index in [0.29, 0.717) is 30.3 Å². The maximum atomic E-state index is 12.0. The zero-order valence-electron chi connectivity index (χ0n) is 13.2. The van der Waals surface area contributed by atoms with Crippen LogP contribution >= 0.6 is 0 Å². The van der Waals surface area contributed by atoms with Gasteiger partial charge in [0.25, 0.3) is 0 Å². The van der Waals surface area contributed by atoms with E-state index in [1.165, 1.54) is 6.07 Å². The monoisotopic (exact) mass is 310 g/mol. The van der Waals surface area contributed by atoms with Crippen LogP contribution in [0.15, 0.2) is 57.7 Å². The molecule has 0 fully saturated rings. The molecule has 1 aromatic heterocycles. The van der Waals surface area contributed by atoms with Crippen molar-refractivity contribution in [2.24, 2.45) is 0 Å². The molecule has 3 rings (SSSR count). The van der Waals surface area contributed by atoms with Crippen molar-refractivity contribution in [3.05, 3.63) is 59.0 Å². The van der Waals surface area contributed by atoms with Crippen molar-refractivity contribution >= 4 is 11.0 Å². The van der Waals surface area contributed by atoms with Crippen LogP contribution < -0.4 is 15.1 Å². The zero-order valence-corrected chi connectivity index (χ0v) is 13.2. The van der Waals surface area contributed by atoms with Crippen LogP contribution in [-0.4, -0.2) is 13.2 Å². The van der Waals surface area contributed by atoms with Crippen LogP contribution in [0.1, 0.15) is 13.8 Å². The van der Waals surface area contributed by atoms with E-state index < -0.39 is 5.63 Å². The molecule has 1 heterocycles. The van der Waals surface area contributed by atoms with Crippen molar-refractivity contribution in [1.29, 1.82) is 0 Å². The molecule has 0 N–H and O–H groups in total. The molecule has 118 valence electrons. The van der Waals surface area contributed by atoms with Crippen molar-refractivity contribution in [1.82, 2.24) is 0 Å². The number of fused-ring (bicyclic) bond motifs is 1. The maximum Gasteiger partial charge on any atom is 0.336 e. The lowest BCUT2D eigenvalue weighted by Gasteiger charge is -2.13. The summed E-state index contributed by atoms with van der Waals surface area (Å²) in [6.45, 7) is 4.86. The van der Waals surface area contributed by atoms with Gasteiger partial charge in [0.15, 0.2) is 0 Å². The lowest BCUT2D eigenvalue weighted by molar-refractivity contribution is 0.325. The number of benzene rings is 2. The molecule has 0 saturated heterocycles. The zero-order chi connectivity index (χ0) is 16.2. The van der Waals surface area contributed by atoms with Crippen molar-refractivity contribution in [3.63, 3.8) is 0 Å². The average molecular weight is 310 g/mol. The number of hydrogen-bond acceptors (Lipinski definition) is 4. The molecule has 4 heteroatoms. The summed E-state index contributed by atoms with van der Waals surface area (Å²) >= 11 is 0. The van der Waals surface area contributed by atoms with Gasteiger partial charge in [-0.3, -0.25) is 0 Å². The topological polar surface area (TPSA) is 48.7 Å². The van der Waals surface area contributed by atoms with Gasteiger partial charge in [-0.15, -0.1) is 0 Å². The van der Waals surface area contributed by atoms with E-state index in [1.807, 2.05) is 50.2 Å². The Hall–Kier alpha value is -2.75. The van der Waals surface area contributed by atoms with Gasteiger partial charge < -0.3 is 13.9 Å². The van der Waals surface area contributed by atoms with Crippen LogP contribution in [0.2, 0.25) is 0 Å². The summed E-state index contributed by atoms with van der Waals surface area (Å²) in [5.41, 5.74) is 1.80. The van der Waals surface area contributed by atoms with E-state index in [-0.39, 0.29) is 0 Å². The number of hydrogen-bond donors (Lipinski definition) is 0. The Kier molecular flexibility index (Phi) is 4.33. The van der Waals surface area contributed by atoms with Gasteiger partial charge in [0.1, 0.15) is 17.1 Å². The average Bonchev–Trinajstić information content (AvgIpc) is 2.55. The fourth-order valence-electron chi connectivity index (χ4n) is 2.60. The number of ether oxygens (including phenoxy) is 2. The van der Waals surface area contributed by atoms with E-state index in [9.17, 15) is 4.79 Å². The van der Waals surface area contributed by atoms with Crippen LogP contribution in [0.25, 0.3) is 22.1 Å². The first-order chi connectivity index (χ1) is 11.2. The van der Waals surface area contributed by atoms with Crippen LogP contribution in [0.4, 0.5) is 0 Å². The Morgan fingerprint density at radius 2 is 1.70 bits per heavy atom. The summed E-state index contributed by atoms with van der Waals surface area (Å²) in [6, 6.07) is 14.8. The molecular weight excluding hydrogens is 292 g/mol. The first-order valence-electron chi connectivity index (χ1n) is 7.65. The molecule has 0 saturated carbocycles. The van der Waals surface area contributed by atoms with Gasteiger partial charge in [-0.25, -0.2) is 4.79 Å². The molecule has 4 nitrogen and oxygen atoms in total. The molecule has 0 radical (unpaired) electrons. The summed E-state index contributed by atoms with van der Waals surface area (Å²) in [5, 5.41) is 0.779. The molecule has 23 heavy (non-hydrogen) atoms. The molecule has 0 spiro atoms. The van der Waals surface area contributed by atoms with E-state index in [4.69, 9.17) is 13.9 Å². The summed E-state index contributed by atoms with van der Waals surface area (Å²) in [5.74, 6) is 1.27. The molecule has 0 aliphatic carbocycles. The van der Waals surface area contributed by atoms with E-state index in [2.05, 4.69) is 0 Å². The van der Waals surface area contributed by atoms with Crippen molar-refractivity contribution < 1.29 is 13.9 Å². The van der Waals surface area contributed by atoms with Crippen molar-refractivity contribution in [2.75, 3.05) is 13.2 Å². The first kappa shape index (κ1) is 15.2. The highest BCUT2D eigenvalue weighted by Gasteiger charge is 2.15. The predicted octanol–water partition coefficient (Wildman–Crippen LogP) is 4.26. The third kappa shape index (κ3) is 3.06. The smallest absolute Gasteiger partial charge is 0.336 e. The Labute approximate surface area is 134 Å². The molecule has 0 unspecified atom stereocenters. The quantitative estimate of drug-likeness (QED) is 0.661. The third-order valence-electron chi connectivity index (χ3n) is 3.48. The maximum absolute atomic E-state index is 12.0. The summed E-state index contributed by atoms with van der Waals surface area (Å²) < 4.78 is 16.7. The minimum Gasteiger partial charge on any atom is -0.494 e. The predicted molar refractivity (Wildman–Crippen MR) is 90.3 cm³/mol. The molecule has 0 bridgehead atoms. The van der Waals surface area contributed by atoms with Crippen molar-refractivity contribution in [3.8, 4) is 22.6 Å². The number of rotatable bonds is 5. The molecule has 0 aliphatic rings. The molecular formula is C19H18O4. The Morgan fingerprint density at radius 3 is 2.39 bits per heavy atom. The van der Waals surface area contributed by atoms with Gasteiger partial charge in [0.2, 0.25) is 0 Å². The molecule has 0 amide bonds.